The highest BCUT2D eigenvalue weighted by Crippen LogP contribution is 2.34. The maximum Gasteiger partial charge on any atom is 0.305 e. The minimum atomic E-state index is -0.165. The maximum atomic E-state index is 11.9. The van der Waals surface area contributed by atoms with Crippen LogP contribution in [0.25, 0.3) is 21.5 Å². The molecule has 3 nitrogen and oxygen atoms in total. The van der Waals surface area contributed by atoms with Gasteiger partial charge in [0.25, 0.3) is 0 Å². The van der Waals surface area contributed by atoms with Crippen LogP contribution in [0.1, 0.15) is 32.1 Å². The van der Waals surface area contributed by atoms with Gasteiger partial charge in [-0.05, 0) is 41.9 Å². The molecule has 0 saturated heterocycles. The molecule has 1 unspecified atom stereocenters. The van der Waals surface area contributed by atoms with E-state index < -0.39 is 0 Å². The topological polar surface area (TPSA) is 35.5 Å². The molecule has 0 aromatic heterocycles. The van der Waals surface area contributed by atoms with Gasteiger partial charge in [0.2, 0.25) is 0 Å². The van der Waals surface area contributed by atoms with Crippen molar-refractivity contribution < 1.29 is 14.3 Å². The van der Waals surface area contributed by atoms with Crippen molar-refractivity contribution in [1.82, 2.24) is 0 Å². The Bertz CT molecular complexity index is 888. The normalized spacial score (nSPS) is 12.2. The first-order valence-corrected chi connectivity index (χ1v) is 11.3. The Morgan fingerprint density at radius 1 is 0.897 bits per heavy atom. The number of benzene rings is 3. The maximum absolute atomic E-state index is 11.9. The number of thiol groups is 2. The van der Waals surface area contributed by atoms with E-state index in [9.17, 15) is 4.79 Å². The van der Waals surface area contributed by atoms with Crippen LogP contribution >= 0.6 is 25.3 Å². The summed E-state index contributed by atoms with van der Waals surface area (Å²) in [6.45, 7) is 0.593. The van der Waals surface area contributed by atoms with E-state index in [1.807, 2.05) is 24.3 Å². The molecule has 3 aromatic rings. The van der Waals surface area contributed by atoms with Crippen LogP contribution in [0, 0.1) is 0 Å². The third kappa shape index (κ3) is 6.31. The fourth-order valence-electron chi connectivity index (χ4n) is 3.44. The molecule has 0 fully saturated rings. The summed E-state index contributed by atoms with van der Waals surface area (Å²) in [6.07, 6.45) is 4.26. The standard InChI is InChI=1S/C24H28O3S2/c25-23(12-6-3-9-20(29)13-16-28)26-14-15-27-24-21-10-4-1-7-18(21)17-19-8-2-5-11-22(19)24/h1-2,4-5,7-8,10-11,17,20,28-29H,3,6,9,12-16H2. The van der Waals surface area contributed by atoms with Crippen LogP contribution in [-0.4, -0.2) is 30.2 Å². The van der Waals surface area contributed by atoms with Gasteiger partial charge in [-0.1, -0.05) is 55.0 Å². The van der Waals surface area contributed by atoms with E-state index in [-0.39, 0.29) is 12.6 Å². The number of ether oxygens (including phenoxy) is 2. The Kier molecular flexibility index (Phi) is 8.56. The van der Waals surface area contributed by atoms with E-state index in [2.05, 4.69) is 55.6 Å². The third-order valence-corrected chi connectivity index (χ3v) is 5.72. The van der Waals surface area contributed by atoms with Crippen molar-refractivity contribution in [2.24, 2.45) is 0 Å². The molecule has 0 saturated carbocycles. The summed E-state index contributed by atoms with van der Waals surface area (Å²) in [5.74, 6) is 1.53. The molecule has 5 heteroatoms. The first-order chi connectivity index (χ1) is 14.2. The van der Waals surface area contributed by atoms with E-state index in [0.29, 0.717) is 18.3 Å². The number of unbranched alkanes of at least 4 members (excludes halogenated alkanes) is 1. The molecule has 1 atom stereocenters. The summed E-state index contributed by atoms with van der Waals surface area (Å²) < 4.78 is 11.4. The van der Waals surface area contributed by atoms with Gasteiger partial charge in [-0.2, -0.15) is 25.3 Å². The number of hydrogen-bond donors (Lipinski definition) is 2. The van der Waals surface area contributed by atoms with Crippen LogP contribution < -0.4 is 4.74 Å². The number of esters is 1. The lowest BCUT2D eigenvalue weighted by atomic mass is 10.0. The highest BCUT2D eigenvalue weighted by Gasteiger charge is 2.09. The van der Waals surface area contributed by atoms with E-state index in [0.717, 1.165) is 58.7 Å². The van der Waals surface area contributed by atoms with Gasteiger partial charge in [0, 0.05) is 22.4 Å². The fraction of sp³-hybridized carbons (Fsp3) is 0.375. The van der Waals surface area contributed by atoms with Crippen LogP contribution in [0.2, 0.25) is 0 Å². The number of carbonyl (C=O) groups excluding carboxylic acids is 1. The number of fused-ring (bicyclic) bond motifs is 2. The van der Waals surface area contributed by atoms with Gasteiger partial charge in [-0.25, -0.2) is 0 Å². The lowest BCUT2D eigenvalue weighted by Crippen LogP contribution is -2.12. The molecule has 0 radical (unpaired) electrons. The predicted octanol–water partition coefficient (Wildman–Crippen LogP) is 6.09. The summed E-state index contributed by atoms with van der Waals surface area (Å²) >= 11 is 8.72. The molecule has 3 rings (SSSR count). The quantitative estimate of drug-likeness (QED) is 0.168. The van der Waals surface area contributed by atoms with Gasteiger partial charge >= 0.3 is 5.97 Å². The summed E-state index contributed by atoms with van der Waals surface area (Å²) in [5, 5.41) is 4.78. The Labute approximate surface area is 183 Å². The van der Waals surface area contributed by atoms with Gasteiger partial charge in [0.15, 0.2) is 0 Å². The molecule has 0 heterocycles. The van der Waals surface area contributed by atoms with E-state index in [4.69, 9.17) is 9.47 Å². The Morgan fingerprint density at radius 3 is 2.21 bits per heavy atom. The van der Waals surface area contributed by atoms with E-state index >= 15 is 0 Å². The first-order valence-electron chi connectivity index (χ1n) is 10.2. The SMILES string of the molecule is O=C(CCCCC(S)CCS)OCCOc1c2ccccc2cc2ccccc12. The molecule has 0 amide bonds. The first kappa shape index (κ1) is 21.8. The zero-order valence-electron chi connectivity index (χ0n) is 16.5. The lowest BCUT2D eigenvalue weighted by Gasteiger charge is -2.13. The van der Waals surface area contributed by atoms with Crippen molar-refractivity contribution in [3.8, 4) is 5.75 Å². The summed E-state index contributed by atoms with van der Waals surface area (Å²) in [6, 6.07) is 18.5. The zero-order chi connectivity index (χ0) is 20.5. The number of carbonyl (C=O) groups is 1. The Hall–Kier alpha value is -1.85. The summed E-state index contributed by atoms with van der Waals surface area (Å²) in [5.41, 5.74) is 0. The molecular formula is C24H28O3S2. The van der Waals surface area contributed by atoms with Crippen molar-refractivity contribution in [2.75, 3.05) is 19.0 Å². The molecule has 0 spiro atoms. The van der Waals surface area contributed by atoms with Crippen molar-refractivity contribution in [3.63, 3.8) is 0 Å². The van der Waals surface area contributed by atoms with Crippen LogP contribution in [0.5, 0.6) is 5.75 Å². The molecule has 0 aliphatic heterocycles. The molecule has 154 valence electrons. The van der Waals surface area contributed by atoms with Crippen molar-refractivity contribution in [2.45, 2.75) is 37.4 Å². The molecule has 29 heavy (non-hydrogen) atoms. The molecule has 0 N–H and O–H groups in total. The van der Waals surface area contributed by atoms with Gasteiger partial charge in [-0.15, -0.1) is 0 Å². The largest absolute Gasteiger partial charge is 0.489 e. The lowest BCUT2D eigenvalue weighted by molar-refractivity contribution is -0.144. The fourth-order valence-corrected chi connectivity index (χ4v) is 4.27. The van der Waals surface area contributed by atoms with Gasteiger partial charge in [-0.3, -0.25) is 4.79 Å². The van der Waals surface area contributed by atoms with Crippen molar-refractivity contribution in [3.05, 3.63) is 54.6 Å². The summed E-state index contributed by atoms with van der Waals surface area (Å²) in [4.78, 5) is 11.9. The van der Waals surface area contributed by atoms with E-state index in [1.54, 1.807) is 0 Å². The Balaban J connectivity index is 1.49. The average molecular weight is 429 g/mol. The summed E-state index contributed by atoms with van der Waals surface area (Å²) in [7, 11) is 0. The highest BCUT2D eigenvalue weighted by atomic mass is 32.1. The second kappa shape index (κ2) is 11.4. The second-order valence-corrected chi connectivity index (χ2v) is 8.31. The van der Waals surface area contributed by atoms with Crippen molar-refractivity contribution in [1.29, 1.82) is 0 Å². The van der Waals surface area contributed by atoms with Gasteiger partial charge < -0.3 is 9.47 Å². The van der Waals surface area contributed by atoms with Crippen LogP contribution in [0.15, 0.2) is 54.6 Å². The Morgan fingerprint density at radius 2 is 1.55 bits per heavy atom. The zero-order valence-corrected chi connectivity index (χ0v) is 18.3. The van der Waals surface area contributed by atoms with Crippen LogP contribution in [-0.2, 0) is 9.53 Å². The van der Waals surface area contributed by atoms with Crippen LogP contribution in [0.4, 0.5) is 0 Å². The predicted molar refractivity (Wildman–Crippen MR) is 128 cm³/mol. The molecule has 0 aliphatic carbocycles. The smallest absolute Gasteiger partial charge is 0.305 e. The van der Waals surface area contributed by atoms with Crippen molar-refractivity contribution >= 4 is 52.8 Å². The van der Waals surface area contributed by atoms with Crippen LogP contribution in [0.3, 0.4) is 0 Å². The molecular weight excluding hydrogens is 400 g/mol. The second-order valence-electron chi connectivity index (χ2n) is 7.13. The molecule has 3 aromatic carbocycles. The third-order valence-electron chi connectivity index (χ3n) is 4.95. The highest BCUT2D eigenvalue weighted by molar-refractivity contribution is 7.81. The van der Waals surface area contributed by atoms with Gasteiger partial charge in [0.05, 0.1) is 0 Å². The average Bonchev–Trinajstić information content (AvgIpc) is 2.73. The number of rotatable bonds is 11. The monoisotopic (exact) mass is 428 g/mol. The van der Waals surface area contributed by atoms with E-state index in [1.165, 1.54) is 0 Å². The minimum absolute atomic E-state index is 0.165. The molecule has 0 aliphatic rings. The molecule has 0 bridgehead atoms. The van der Waals surface area contributed by atoms with Gasteiger partial charge in [0.1, 0.15) is 19.0 Å². The number of hydrogen-bond acceptors (Lipinski definition) is 5. The minimum Gasteiger partial charge on any atom is -0.489 e.